The highest BCUT2D eigenvalue weighted by Gasteiger charge is 2.08. The summed E-state index contributed by atoms with van der Waals surface area (Å²) in [5.74, 6) is -0.507. The average molecular weight is 217 g/mol. The first-order chi connectivity index (χ1) is 6.69. The number of rotatable bonds is 4. The zero-order valence-corrected chi connectivity index (χ0v) is 8.57. The van der Waals surface area contributed by atoms with Gasteiger partial charge in [0.1, 0.15) is 0 Å². The number of nitrogens with one attached hydrogen (secondary N) is 1. The molecule has 1 rings (SSSR count). The van der Waals surface area contributed by atoms with Crippen molar-refractivity contribution in [1.29, 1.82) is 0 Å². The summed E-state index contributed by atoms with van der Waals surface area (Å²) in [6.07, 6.45) is 0.608. The van der Waals surface area contributed by atoms with Crippen molar-refractivity contribution in [2.45, 2.75) is 11.3 Å². The third-order valence-electron chi connectivity index (χ3n) is 1.89. The van der Waals surface area contributed by atoms with Crippen molar-refractivity contribution in [3.05, 3.63) is 17.7 Å². The first-order valence-corrected chi connectivity index (χ1v) is 4.88. The van der Waals surface area contributed by atoms with Gasteiger partial charge >= 0.3 is 0 Å². The van der Waals surface area contributed by atoms with Crippen LogP contribution in [-0.4, -0.2) is 23.8 Å². The van der Waals surface area contributed by atoms with E-state index in [1.54, 1.807) is 7.05 Å². The third-order valence-corrected chi connectivity index (χ3v) is 2.43. The zero-order valence-electron chi connectivity index (χ0n) is 7.75. The Morgan fingerprint density at radius 3 is 2.57 bits per heavy atom. The molecule has 0 aromatic heterocycles. The first-order valence-electron chi connectivity index (χ1n) is 4.17. The number of hydrogen-bond donors (Lipinski definition) is 3. The van der Waals surface area contributed by atoms with Gasteiger partial charge in [0, 0.05) is 11.0 Å². The van der Waals surface area contributed by atoms with Crippen molar-refractivity contribution in [3.8, 4) is 11.5 Å². The summed E-state index contributed by atoms with van der Waals surface area (Å²) >= 11 is 0.0698. The van der Waals surface area contributed by atoms with Crippen LogP contribution in [0.1, 0.15) is 5.56 Å². The molecule has 0 saturated carbocycles. The Labute approximate surface area is 86.2 Å². The molecule has 0 radical (unpaired) electrons. The molecule has 78 valence electrons. The number of phenolic OH excluding ortho intramolecular Hbond substituents is 2. The van der Waals surface area contributed by atoms with E-state index in [1.807, 2.05) is 0 Å². The molecular formula is C9H12FNO2S. The molecule has 0 atom stereocenters. The molecule has 0 unspecified atom stereocenters. The monoisotopic (exact) mass is 217 g/mol. The van der Waals surface area contributed by atoms with Gasteiger partial charge in [-0.15, -0.1) is 0 Å². The van der Waals surface area contributed by atoms with Gasteiger partial charge in [-0.2, -0.15) is 3.89 Å². The first kappa shape index (κ1) is 11.1. The Kier molecular flexibility index (Phi) is 4.03. The highest BCUT2D eigenvalue weighted by molar-refractivity contribution is 7.94. The van der Waals surface area contributed by atoms with Crippen LogP contribution in [0.25, 0.3) is 0 Å². The van der Waals surface area contributed by atoms with E-state index in [-0.39, 0.29) is 23.6 Å². The Balaban J connectivity index is 2.95. The van der Waals surface area contributed by atoms with Crippen LogP contribution in [0.4, 0.5) is 3.89 Å². The predicted molar refractivity (Wildman–Crippen MR) is 54.4 cm³/mol. The lowest BCUT2D eigenvalue weighted by Gasteiger charge is -2.07. The lowest BCUT2D eigenvalue weighted by atomic mass is 10.1. The lowest BCUT2D eigenvalue weighted by molar-refractivity contribution is 0.401. The van der Waals surface area contributed by atoms with Gasteiger partial charge in [0.05, 0.1) is 12.1 Å². The van der Waals surface area contributed by atoms with E-state index in [1.165, 1.54) is 12.1 Å². The lowest BCUT2D eigenvalue weighted by Crippen LogP contribution is -2.10. The predicted octanol–water partition coefficient (Wildman–Crippen LogP) is 1.84. The summed E-state index contributed by atoms with van der Waals surface area (Å²) in [6.45, 7) is 0.692. The molecule has 0 bridgehead atoms. The number of phenols is 2. The van der Waals surface area contributed by atoms with Crippen molar-refractivity contribution < 1.29 is 14.1 Å². The van der Waals surface area contributed by atoms with Crippen molar-refractivity contribution in [1.82, 2.24) is 5.32 Å². The van der Waals surface area contributed by atoms with E-state index < -0.39 is 0 Å². The summed E-state index contributed by atoms with van der Waals surface area (Å²) in [6, 6.07) is 2.61. The highest BCUT2D eigenvalue weighted by Crippen LogP contribution is 2.34. The molecule has 1 aromatic carbocycles. The van der Waals surface area contributed by atoms with Crippen LogP contribution < -0.4 is 5.32 Å². The Morgan fingerprint density at radius 1 is 1.36 bits per heavy atom. The summed E-state index contributed by atoms with van der Waals surface area (Å²) in [4.78, 5) is 0.343. The molecule has 0 aliphatic heterocycles. The Hall–Kier alpha value is -0.940. The van der Waals surface area contributed by atoms with E-state index in [0.29, 0.717) is 23.4 Å². The van der Waals surface area contributed by atoms with Gasteiger partial charge in [-0.05, 0) is 31.6 Å². The van der Waals surface area contributed by atoms with Crippen molar-refractivity contribution in [3.63, 3.8) is 0 Å². The molecule has 14 heavy (non-hydrogen) atoms. The van der Waals surface area contributed by atoms with E-state index in [9.17, 15) is 8.99 Å². The SMILES string of the molecule is CNCCc1cc(O)c(O)cc1SF. The topological polar surface area (TPSA) is 52.5 Å². The number of benzene rings is 1. The molecular weight excluding hydrogens is 205 g/mol. The molecule has 3 nitrogen and oxygen atoms in total. The molecule has 1 aromatic rings. The van der Waals surface area contributed by atoms with Crippen LogP contribution in [-0.2, 0) is 6.42 Å². The maximum atomic E-state index is 12.4. The number of likely N-dealkylation sites (N-methyl/N-ethyl adjacent to an activating group) is 1. The number of aromatic hydroxyl groups is 2. The zero-order chi connectivity index (χ0) is 10.6. The second-order valence-electron chi connectivity index (χ2n) is 2.88. The van der Waals surface area contributed by atoms with E-state index >= 15 is 0 Å². The van der Waals surface area contributed by atoms with Gasteiger partial charge in [0.2, 0.25) is 0 Å². The minimum Gasteiger partial charge on any atom is -0.504 e. The molecule has 0 heterocycles. The minimum atomic E-state index is -0.293. The fraction of sp³-hybridized carbons (Fsp3) is 0.333. The second kappa shape index (κ2) is 5.07. The van der Waals surface area contributed by atoms with Crippen LogP contribution in [0.2, 0.25) is 0 Å². The Morgan fingerprint density at radius 2 is 2.00 bits per heavy atom. The number of halogens is 1. The molecule has 0 aliphatic rings. The van der Waals surface area contributed by atoms with Crippen molar-refractivity contribution in [2.75, 3.05) is 13.6 Å². The van der Waals surface area contributed by atoms with Gasteiger partial charge in [-0.3, -0.25) is 0 Å². The molecule has 3 N–H and O–H groups in total. The Bertz CT molecular complexity index is 320. The van der Waals surface area contributed by atoms with Crippen molar-refractivity contribution in [2.24, 2.45) is 0 Å². The molecule has 0 fully saturated rings. The minimum absolute atomic E-state index is 0.0698. The van der Waals surface area contributed by atoms with Crippen LogP contribution >= 0.6 is 12.1 Å². The van der Waals surface area contributed by atoms with E-state index in [4.69, 9.17) is 5.11 Å². The van der Waals surface area contributed by atoms with Crippen LogP contribution in [0.5, 0.6) is 11.5 Å². The summed E-state index contributed by atoms with van der Waals surface area (Å²) < 4.78 is 12.4. The molecule has 0 saturated heterocycles. The largest absolute Gasteiger partial charge is 0.504 e. The standard InChI is InChI=1S/C9H12FNO2S/c1-11-3-2-6-4-7(12)8(13)5-9(6)14-10/h4-5,11-13H,2-3H2,1H3. The maximum absolute atomic E-state index is 12.4. The normalized spacial score (nSPS) is 10.4. The van der Waals surface area contributed by atoms with Gasteiger partial charge in [-0.1, -0.05) is 0 Å². The van der Waals surface area contributed by atoms with Gasteiger partial charge in [0.25, 0.3) is 0 Å². The van der Waals surface area contributed by atoms with Gasteiger partial charge in [0.15, 0.2) is 11.5 Å². The summed E-state index contributed by atoms with van der Waals surface area (Å²) in [7, 11) is 1.79. The van der Waals surface area contributed by atoms with E-state index in [2.05, 4.69) is 5.32 Å². The van der Waals surface area contributed by atoms with Gasteiger partial charge < -0.3 is 15.5 Å². The van der Waals surface area contributed by atoms with E-state index in [0.717, 1.165) is 0 Å². The summed E-state index contributed by atoms with van der Waals surface area (Å²) in [5.41, 5.74) is 0.683. The maximum Gasteiger partial charge on any atom is 0.158 e. The van der Waals surface area contributed by atoms with Gasteiger partial charge in [-0.25, -0.2) is 0 Å². The van der Waals surface area contributed by atoms with Crippen LogP contribution in [0.3, 0.4) is 0 Å². The quantitative estimate of drug-likeness (QED) is 0.673. The second-order valence-corrected chi connectivity index (χ2v) is 3.47. The third kappa shape index (κ3) is 2.52. The fourth-order valence-corrected chi connectivity index (χ4v) is 1.54. The molecule has 0 aliphatic carbocycles. The fourth-order valence-electron chi connectivity index (χ4n) is 1.13. The summed E-state index contributed by atoms with van der Waals surface area (Å²) in [5, 5.41) is 21.3. The molecule has 0 spiro atoms. The van der Waals surface area contributed by atoms with Crippen LogP contribution in [0, 0.1) is 0 Å². The molecule has 5 heteroatoms. The number of hydrogen-bond acceptors (Lipinski definition) is 4. The molecule has 0 amide bonds. The highest BCUT2D eigenvalue weighted by atomic mass is 32.2. The van der Waals surface area contributed by atoms with Crippen LogP contribution in [0.15, 0.2) is 17.0 Å². The van der Waals surface area contributed by atoms with Crippen molar-refractivity contribution >= 4 is 12.1 Å². The smallest absolute Gasteiger partial charge is 0.158 e. The average Bonchev–Trinajstić information content (AvgIpc) is 2.19.